The highest BCUT2D eigenvalue weighted by atomic mass is 32.1. The monoisotopic (exact) mass is 424 g/mol. The van der Waals surface area contributed by atoms with Crippen LogP contribution in [0.15, 0.2) is 41.4 Å². The Morgan fingerprint density at radius 2 is 2.17 bits per heavy atom. The van der Waals surface area contributed by atoms with E-state index in [0.29, 0.717) is 17.9 Å². The zero-order valence-electron chi connectivity index (χ0n) is 17.0. The van der Waals surface area contributed by atoms with Gasteiger partial charge in [-0.3, -0.25) is 9.59 Å². The van der Waals surface area contributed by atoms with Gasteiger partial charge in [-0.1, -0.05) is 6.92 Å². The standard InChI is InChI=1S/C22H24N4O3S/c1-22(4-5-22)21(28)24-10-15-7-14-8-17(19(27)3-6-23-2)20(9-18(14)26-15)29-11-16-12-30-13-25-16/h3,6-9,12-13,23,26H,4-5,10-11H2,1-2H3,(H,24,28)/b6-3+. The first-order valence-electron chi connectivity index (χ1n) is 9.80. The number of aromatic amines is 1. The third-order valence-corrected chi connectivity index (χ3v) is 5.93. The molecule has 1 saturated carbocycles. The second-order valence-corrected chi connectivity index (χ2v) is 8.45. The maximum Gasteiger partial charge on any atom is 0.226 e. The molecule has 0 unspecified atom stereocenters. The summed E-state index contributed by atoms with van der Waals surface area (Å²) in [5.74, 6) is 0.419. The average molecular weight is 425 g/mol. The predicted octanol–water partition coefficient (Wildman–Crippen LogP) is 3.54. The van der Waals surface area contributed by atoms with Crippen molar-refractivity contribution in [2.45, 2.75) is 32.9 Å². The molecule has 2 heterocycles. The van der Waals surface area contributed by atoms with Crippen molar-refractivity contribution in [2.75, 3.05) is 7.05 Å². The van der Waals surface area contributed by atoms with E-state index >= 15 is 0 Å². The lowest BCUT2D eigenvalue weighted by atomic mass is 10.1. The lowest BCUT2D eigenvalue weighted by Crippen LogP contribution is -2.29. The highest BCUT2D eigenvalue weighted by Gasteiger charge is 2.44. The van der Waals surface area contributed by atoms with Crippen LogP contribution in [-0.2, 0) is 17.9 Å². The molecule has 30 heavy (non-hydrogen) atoms. The Kier molecular flexibility index (Phi) is 5.59. The third kappa shape index (κ3) is 4.38. The summed E-state index contributed by atoms with van der Waals surface area (Å²) in [6.45, 7) is 2.68. The summed E-state index contributed by atoms with van der Waals surface area (Å²) in [4.78, 5) is 32.4. The van der Waals surface area contributed by atoms with Gasteiger partial charge in [0.1, 0.15) is 12.4 Å². The molecule has 0 saturated heterocycles. The maximum absolute atomic E-state index is 12.7. The number of allylic oxidation sites excluding steroid dienone is 1. The molecule has 0 aliphatic heterocycles. The first kappa shape index (κ1) is 20.2. The van der Waals surface area contributed by atoms with Crippen LogP contribution in [0.4, 0.5) is 0 Å². The van der Waals surface area contributed by atoms with Gasteiger partial charge < -0.3 is 20.4 Å². The van der Waals surface area contributed by atoms with E-state index in [1.807, 2.05) is 30.5 Å². The number of ketones is 1. The second kappa shape index (κ2) is 8.31. The van der Waals surface area contributed by atoms with Crippen molar-refractivity contribution in [3.63, 3.8) is 0 Å². The first-order valence-corrected chi connectivity index (χ1v) is 10.7. The number of ether oxygens (including phenoxy) is 1. The van der Waals surface area contributed by atoms with E-state index in [9.17, 15) is 9.59 Å². The summed E-state index contributed by atoms with van der Waals surface area (Å²) >= 11 is 1.50. The molecule has 1 aliphatic rings. The maximum atomic E-state index is 12.7. The molecule has 2 aromatic heterocycles. The van der Waals surface area contributed by atoms with Gasteiger partial charge >= 0.3 is 0 Å². The quantitative estimate of drug-likeness (QED) is 0.361. The number of fused-ring (bicyclic) bond motifs is 1. The Bertz CT molecular complexity index is 1100. The van der Waals surface area contributed by atoms with Crippen LogP contribution in [0.25, 0.3) is 10.9 Å². The fourth-order valence-corrected chi connectivity index (χ4v) is 3.68. The normalized spacial score (nSPS) is 14.7. The van der Waals surface area contributed by atoms with Gasteiger partial charge in [-0.2, -0.15) is 0 Å². The molecule has 0 radical (unpaired) electrons. The molecular weight excluding hydrogens is 400 g/mol. The average Bonchev–Trinajstić information content (AvgIpc) is 3.15. The zero-order valence-corrected chi connectivity index (χ0v) is 17.8. The molecule has 0 bridgehead atoms. The van der Waals surface area contributed by atoms with Crippen LogP contribution in [-0.4, -0.2) is 28.7 Å². The summed E-state index contributed by atoms with van der Waals surface area (Å²) in [6, 6.07) is 5.60. The molecule has 1 aromatic carbocycles. The molecule has 1 fully saturated rings. The van der Waals surface area contributed by atoms with Crippen molar-refractivity contribution in [3.8, 4) is 5.75 Å². The third-order valence-electron chi connectivity index (χ3n) is 5.29. The van der Waals surface area contributed by atoms with Gasteiger partial charge in [-0.15, -0.1) is 11.3 Å². The van der Waals surface area contributed by atoms with Crippen LogP contribution >= 0.6 is 11.3 Å². The van der Waals surface area contributed by atoms with Crippen LogP contribution in [0.5, 0.6) is 5.75 Å². The van der Waals surface area contributed by atoms with E-state index < -0.39 is 0 Å². The topological polar surface area (TPSA) is 96.1 Å². The molecule has 156 valence electrons. The minimum atomic E-state index is -0.206. The second-order valence-electron chi connectivity index (χ2n) is 7.73. The van der Waals surface area contributed by atoms with Gasteiger partial charge in [0.2, 0.25) is 5.91 Å². The lowest BCUT2D eigenvalue weighted by molar-refractivity contribution is -0.125. The molecular formula is C22H24N4O3S. The molecule has 0 spiro atoms. The summed E-state index contributed by atoms with van der Waals surface area (Å²) in [7, 11) is 1.74. The molecule has 4 rings (SSSR count). The van der Waals surface area contributed by atoms with E-state index in [1.54, 1.807) is 18.8 Å². The van der Waals surface area contributed by atoms with Crippen molar-refractivity contribution in [1.82, 2.24) is 20.6 Å². The van der Waals surface area contributed by atoms with E-state index in [2.05, 4.69) is 20.6 Å². The summed E-state index contributed by atoms with van der Waals surface area (Å²) < 4.78 is 5.93. The van der Waals surface area contributed by atoms with Crippen molar-refractivity contribution in [2.24, 2.45) is 5.41 Å². The van der Waals surface area contributed by atoms with Crippen molar-refractivity contribution >= 4 is 33.9 Å². The van der Waals surface area contributed by atoms with E-state index in [0.717, 1.165) is 35.1 Å². The van der Waals surface area contributed by atoms with Gasteiger partial charge in [-0.25, -0.2) is 4.98 Å². The van der Waals surface area contributed by atoms with Crippen LogP contribution < -0.4 is 15.4 Å². The number of thiazole rings is 1. The van der Waals surface area contributed by atoms with Gasteiger partial charge in [0, 0.05) is 52.8 Å². The number of aromatic nitrogens is 2. The Labute approximate surface area is 178 Å². The fraction of sp³-hybridized carbons (Fsp3) is 0.318. The number of benzene rings is 1. The number of rotatable bonds is 9. The molecule has 1 aliphatic carbocycles. The van der Waals surface area contributed by atoms with Crippen LogP contribution in [0.1, 0.15) is 41.5 Å². The molecule has 3 aromatic rings. The summed E-state index contributed by atoms with van der Waals surface area (Å²) in [6.07, 6.45) is 4.95. The first-order chi connectivity index (χ1) is 14.5. The number of hydrogen-bond donors (Lipinski definition) is 3. The zero-order chi connectivity index (χ0) is 21.1. The minimum Gasteiger partial charge on any atom is -0.486 e. The van der Waals surface area contributed by atoms with Crippen molar-refractivity contribution in [3.05, 3.63) is 58.3 Å². The smallest absolute Gasteiger partial charge is 0.226 e. The molecule has 7 nitrogen and oxygen atoms in total. The molecule has 0 atom stereocenters. The fourth-order valence-electron chi connectivity index (χ4n) is 3.14. The van der Waals surface area contributed by atoms with Gasteiger partial charge in [0.05, 0.1) is 23.3 Å². The molecule has 1 amide bonds. The van der Waals surface area contributed by atoms with E-state index in [4.69, 9.17) is 4.74 Å². The Morgan fingerprint density at radius 3 is 2.87 bits per heavy atom. The SMILES string of the molecule is CN/C=C/C(=O)c1cc2cc(CNC(=O)C3(C)CC3)[nH]c2cc1OCc1cscn1. The Hall–Kier alpha value is -3.13. The van der Waals surface area contributed by atoms with E-state index in [-0.39, 0.29) is 23.7 Å². The number of H-pyrrole nitrogens is 1. The largest absolute Gasteiger partial charge is 0.486 e. The Balaban J connectivity index is 1.58. The Morgan fingerprint density at radius 1 is 1.33 bits per heavy atom. The number of carbonyl (C=O) groups excluding carboxylic acids is 2. The molecule has 8 heteroatoms. The van der Waals surface area contributed by atoms with Crippen LogP contribution in [0, 0.1) is 5.41 Å². The van der Waals surface area contributed by atoms with Gasteiger partial charge in [0.25, 0.3) is 0 Å². The van der Waals surface area contributed by atoms with Crippen LogP contribution in [0.2, 0.25) is 0 Å². The number of nitrogens with zero attached hydrogens (tertiary/aromatic N) is 1. The van der Waals surface area contributed by atoms with Gasteiger partial charge in [-0.05, 0) is 25.0 Å². The minimum absolute atomic E-state index is 0.0847. The number of nitrogens with one attached hydrogen (secondary N) is 3. The van der Waals surface area contributed by atoms with Crippen LogP contribution in [0.3, 0.4) is 0 Å². The lowest BCUT2D eigenvalue weighted by Gasteiger charge is -2.09. The highest BCUT2D eigenvalue weighted by molar-refractivity contribution is 7.07. The summed E-state index contributed by atoms with van der Waals surface area (Å²) in [5.41, 5.74) is 4.55. The molecule has 3 N–H and O–H groups in total. The number of hydrogen-bond acceptors (Lipinski definition) is 6. The summed E-state index contributed by atoms with van der Waals surface area (Å²) in [5, 5.41) is 8.62. The predicted molar refractivity (Wildman–Crippen MR) is 116 cm³/mol. The number of carbonyl (C=O) groups is 2. The van der Waals surface area contributed by atoms with Crippen molar-refractivity contribution < 1.29 is 14.3 Å². The highest BCUT2D eigenvalue weighted by Crippen LogP contribution is 2.45. The van der Waals surface area contributed by atoms with Gasteiger partial charge in [0.15, 0.2) is 5.78 Å². The van der Waals surface area contributed by atoms with E-state index in [1.165, 1.54) is 17.4 Å². The van der Waals surface area contributed by atoms with Crippen molar-refractivity contribution in [1.29, 1.82) is 0 Å². The number of amides is 1.